The van der Waals surface area contributed by atoms with Crippen LogP contribution in [0.3, 0.4) is 0 Å². The van der Waals surface area contributed by atoms with E-state index < -0.39 is 0 Å². The monoisotopic (exact) mass is 246 g/mol. The topological polar surface area (TPSA) is 55.2 Å². The maximum Gasteiger partial charge on any atom is 0.174 e. The Bertz CT molecular complexity index is 302. The van der Waals surface area contributed by atoms with Gasteiger partial charge in [-0.05, 0) is 12.8 Å². The maximum atomic E-state index is 8.50. The maximum absolute atomic E-state index is 8.50. The third-order valence-corrected chi connectivity index (χ3v) is 4.22. The molecule has 1 heterocycles. The second-order valence-corrected chi connectivity index (χ2v) is 5.72. The van der Waals surface area contributed by atoms with E-state index in [-0.39, 0.29) is 6.61 Å². The fraction of sp³-hybridized carbons (Fsp3) is 0.778. The fourth-order valence-electron chi connectivity index (χ4n) is 1.13. The number of hydrogen-bond donors (Lipinski definition) is 1. The van der Waals surface area contributed by atoms with Gasteiger partial charge in [0.25, 0.3) is 0 Å². The summed E-state index contributed by atoms with van der Waals surface area (Å²) in [4.78, 5) is 0. The first-order chi connectivity index (χ1) is 7.40. The first-order valence-electron chi connectivity index (χ1n) is 5.05. The Morgan fingerprint density at radius 2 is 2.27 bits per heavy atom. The van der Waals surface area contributed by atoms with Crippen LogP contribution in [0.4, 0.5) is 0 Å². The standard InChI is InChI=1S/C9H14N2O2S2/c12-3-4-13-5-6-14-9-11-10-8(15-9)7-1-2-7/h7,12H,1-6H2. The molecular weight excluding hydrogens is 232 g/mol. The highest BCUT2D eigenvalue weighted by atomic mass is 32.2. The van der Waals surface area contributed by atoms with Gasteiger partial charge >= 0.3 is 0 Å². The van der Waals surface area contributed by atoms with E-state index >= 15 is 0 Å². The predicted octanol–water partition coefficient (Wildman–Crippen LogP) is 1.52. The molecule has 1 aromatic heterocycles. The van der Waals surface area contributed by atoms with E-state index in [2.05, 4.69) is 10.2 Å². The average molecular weight is 246 g/mol. The molecule has 0 unspecified atom stereocenters. The molecule has 0 spiro atoms. The van der Waals surface area contributed by atoms with Crippen LogP contribution in [-0.2, 0) is 4.74 Å². The molecule has 15 heavy (non-hydrogen) atoms. The fourth-order valence-corrected chi connectivity index (χ4v) is 3.09. The van der Waals surface area contributed by atoms with Crippen LogP contribution in [0.15, 0.2) is 4.34 Å². The highest BCUT2D eigenvalue weighted by Gasteiger charge is 2.27. The second-order valence-electron chi connectivity index (χ2n) is 3.36. The van der Waals surface area contributed by atoms with Crippen LogP contribution in [0.25, 0.3) is 0 Å². The SMILES string of the molecule is OCCOCCSc1nnc(C2CC2)s1. The Labute approximate surface area is 97.1 Å². The van der Waals surface area contributed by atoms with Crippen molar-refractivity contribution in [3.05, 3.63) is 5.01 Å². The van der Waals surface area contributed by atoms with Crippen molar-refractivity contribution >= 4 is 23.1 Å². The van der Waals surface area contributed by atoms with Gasteiger partial charge in [-0.25, -0.2) is 0 Å². The smallest absolute Gasteiger partial charge is 0.174 e. The van der Waals surface area contributed by atoms with Gasteiger partial charge in [0.15, 0.2) is 4.34 Å². The lowest BCUT2D eigenvalue weighted by Gasteiger charge is -1.98. The molecule has 1 N–H and O–H groups in total. The van der Waals surface area contributed by atoms with Crippen molar-refractivity contribution in [2.24, 2.45) is 0 Å². The molecule has 84 valence electrons. The van der Waals surface area contributed by atoms with Crippen molar-refractivity contribution in [1.29, 1.82) is 0 Å². The van der Waals surface area contributed by atoms with E-state index in [4.69, 9.17) is 9.84 Å². The van der Waals surface area contributed by atoms with Gasteiger partial charge in [-0.3, -0.25) is 0 Å². The molecule has 4 nitrogen and oxygen atoms in total. The van der Waals surface area contributed by atoms with Crippen molar-refractivity contribution in [1.82, 2.24) is 10.2 Å². The zero-order chi connectivity index (χ0) is 10.5. The molecule has 0 amide bonds. The molecule has 1 fully saturated rings. The minimum atomic E-state index is 0.0926. The molecule has 1 aliphatic carbocycles. The van der Waals surface area contributed by atoms with Gasteiger partial charge in [-0.15, -0.1) is 10.2 Å². The van der Waals surface area contributed by atoms with E-state index in [1.54, 1.807) is 23.1 Å². The van der Waals surface area contributed by atoms with Gasteiger partial charge in [0.2, 0.25) is 0 Å². The van der Waals surface area contributed by atoms with Crippen molar-refractivity contribution in [2.75, 3.05) is 25.6 Å². The van der Waals surface area contributed by atoms with Crippen LogP contribution in [0.1, 0.15) is 23.8 Å². The van der Waals surface area contributed by atoms with Gasteiger partial charge in [0.05, 0.1) is 19.8 Å². The molecule has 0 radical (unpaired) electrons. The zero-order valence-corrected chi connectivity index (χ0v) is 10.0. The Kier molecular flexibility index (Phi) is 4.37. The summed E-state index contributed by atoms with van der Waals surface area (Å²) in [6.07, 6.45) is 2.55. The Morgan fingerprint density at radius 1 is 1.40 bits per heavy atom. The summed E-state index contributed by atoms with van der Waals surface area (Å²) < 4.78 is 6.19. The quantitative estimate of drug-likeness (QED) is 0.584. The molecule has 0 bridgehead atoms. The number of nitrogens with zero attached hydrogens (tertiary/aromatic N) is 2. The van der Waals surface area contributed by atoms with Crippen molar-refractivity contribution in [3.63, 3.8) is 0 Å². The highest BCUT2D eigenvalue weighted by molar-refractivity contribution is 8.01. The number of aliphatic hydroxyl groups is 1. The van der Waals surface area contributed by atoms with Gasteiger partial charge in [-0.1, -0.05) is 23.1 Å². The number of aliphatic hydroxyl groups excluding tert-OH is 1. The molecule has 0 aliphatic heterocycles. The van der Waals surface area contributed by atoms with E-state index in [1.165, 1.54) is 17.8 Å². The predicted molar refractivity (Wildman–Crippen MR) is 60.5 cm³/mol. The van der Waals surface area contributed by atoms with E-state index in [0.29, 0.717) is 19.1 Å². The third-order valence-electron chi connectivity index (χ3n) is 2.04. The largest absolute Gasteiger partial charge is 0.394 e. The minimum Gasteiger partial charge on any atom is -0.394 e. The first kappa shape index (κ1) is 11.3. The van der Waals surface area contributed by atoms with Crippen LogP contribution in [0.2, 0.25) is 0 Å². The summed E-state index contributed by atoms with van der Waals surface area (Å²) in [6, 6.07) is 0. The molecule has 1 saturated carbocycles. The molecular formula is C9H14N2O2S2. The number of aromatic nitrogens is 2. The first-order valence-corrected chi connectivity index (χ1v) is 6.85. The summed E-state index contributed by atoms with van der Waals surface area (Å²) in [5.74, 6) is 1.57. The molecule has 0 aromatic carbocycles. The van der Waals surface area contributed by atoms with Crippen molar-refractivity contribution in [2.45, 2.75) is 23.1 Å². The lowest BCUT2D eigenvalue weighted by atomic mass is 10.5. The Morgan fingerprint density at radius 3 is 3.00 bits per heavy atom. The second kappa shape index (κ2) is 5.79. The van der Waals surface area contributed by atoms with Gasteiger partial charge < -0.3 is 9.84 Å². The summed E-state index contributed by atoms with van der Waals surface area (Å²) in [6.45, 7) is 1.17. The van der Waals surface area contributed by atoms with Crippen LogP contribution < -0.4 is 0 Å². The van der Waals surface area contributed by atoms with E-state index in [1.807, 2.05) is 0 Å². The summed E-state index contributed by atoms with van der Waals surface area (Å²) >= 11 is 3.38. The van der Waals surface area contributed by atoms with Gasteiger partial charge in [0, 0.05) is 11.7 Å². The minimum absolute atomic E-state index is 0.0926. The van der Waals surface area contributed by atoms with Crippen LogP contribution >= 0.6 is 23.1 Å². The van der Waals surface area contributed by atoms with Crippen LogP contribution in [0, 0.1) is 0 Å². The van der Waals surface area contributed by atoms with Crippen molar-refractivity contribution in [3.8, 4) is 0 Å². The van der Waals surface area contributed by atoms with Crippen LogP contribution in [-0.4, -0.2) is 40.9 Å². The highest BCUT2D eigenvalue weighted by Crippen LogP contribution is 2.42. The number of rotatable bonds is 7. The van der Waals surface area contributed by atoms with E-state index in [9.17, 15) is 0 Å². The summed E-state index contributed by atoms with van der Waals surface area (Å²) in [5, 5.41) is 18.0. The number of hydrogen-bond acceptors (Lipinski definition) is 6. The lowest BCUT2D eigenvalue weighted by molar-refractivity contribution is 0.103. The summed E-state index contributed by atoms with van der Waals surface area (Å²) in [7, 11) is 0. The molecule has 2 rings (SSSR count). The normalized spacial score (nSPS) is 15.8. The molecule has 6 heteroatoms. The third kappa shape index (κ3) is 3.71. The molecule has 0 atom stereocenters. The van der Waals surface area contributed by atoms with Gasteiger partial charge in [-0.2, -0.15) is 0 Å². The molecule has 0 saturated heterocycles. The van der Waals surface area contributed by atoms with E-state index in [0.717, 1.165) is 10.1 Å². The average Bonchev–Trinajstić information content (AvgIpc) is 2.99. The Balaban J connectivity index is 1.64. The van der Waals surface area contributed by atoms with Gasteiger partial charge in [0.1, 0.15) is 5.01 Å². The van der Waals surface area contributed by atoms with Crippen molar-refractivity contribution < 1.29 is 9.84 Å². The Hall–Kier alpha value is -0.170. The molecule has 1 aliphatic rings. The zero-order valence-electron chi connectivity index (χ0n) is 8.39. The molecule has 1 aromatic rings. The van der Waals surface area contributed by atoms with Crippen LogP contribution in [0.5, 0.6) is 0 Å². The number of ether oxygens (including phenoxy) is 1. The summed E-state index contributed by atoms with van der Waals surface area (Å²) in [5.41, 5.74) is 0. The lowest BCUT2D eigenvalue weighted by Crippen LogP contribution is -2.02. The number of thioether (sulfide) groups is 1.